The van der Waals surface area contributed by atoms with E-state index in [1.807, 2.05) is 43.3 Å². The molecule has 2 N–H and O–H groups in total. The first-order valence-electron chi connectivity index (χ1n) is 10.7. The second-order valence-corrected chi connectivity index (χ2v) is 8.67. The molecule has 0 radical (unpaired) electrons. The summed E-state index contributed by atoms with van der Waals surface area (Å²) in [7, 11) is 0. The molecule has 158 valence electrons. The number of aryl methyl sites for hydroxylation is 1. The number of furan rings is 1. The van der Waals surface area contributed by atoms with Crippen molar-refractivity contribution >= 4 is 16.8 Å². The molecule has 1 aliphatic rings. The minimum atomic E-state index is -0.150. The van der Waals surface area contributed by atoms with Gasteiger partial charge in [0, 0.05) is 17.0 Å². The predicted molar refractivity (Wildman–Crippen MR) is 116 cm³/mol. The van der Waals surface area contributed by atoms with E-state index in [2.05, 4.69) is 11.9 Å². The first-order valence-corrected chi connectivity index (χ1v) is 10.7. The number of piperidine rings is 1. The minimum Gasteiger partial charge on any atom is -0.467 e. The minimum absolute atomic E-state index is 0.0549. The highest BCUT2D eigenvalue weighted by atomic mass is 16.3. The molecular formula is C24H30N3O3+. The SMILES string of the molecule is Cc1ccc2[nH]c(=O)c(CN(Cc3ccco3)C(=O)C[NH+]3CCC[C@@H](C)C3)cc2c1. The van der Waals surface area contributed by atoms with Gasteiger partial charge in [-0.05, 0) is 55.5 Å². The lowest BCUT2D eigenvalue weighted by atomic mass is 10.0. The highest BCUT2D eigenvalue weighted by Gasteiger charge is 2.26. The van der Waals surface area contributed by atoms with Crippen molar-refractivity contribution in [3.8, 4) is 0 Å². The first-order chi connectivity index (χ1) is 14.5. The molecule has 4 rings (SSSR count). The predicted octanol–water partition coefficient (Wildman–Crippen LogP) is 2.27. The number of aromatic nitrogens is 1. The normalized spacial score (nSPS) is 19.1. The van der Waals surface area contributed by atoms with E-state index in [1.54, 1.807) is 11.2 Å². The van der Waals surface area contributed by atoms with Gasteiger partial charge in [0.05, 0.1) is 32.4 Å². The van der Waals surface area contributed by atoms with Gasteiger partial charge in [-0.1, -0.05) is 18.6 Å². The van der Waals surface area contributed by atoms with Gasteiger partial charge in [0.2, 0.25) is 0 Å². The molecule has 3 aromatic rings. The van der Waals surface area contributed by atoms with Crippen LogP contribution in [0.1, 0.15) is 36.7 Å². The molecule has 2 aromatic heterocycles. The zero-order chi connectivity index (χ0) is 21.1. The maximum Gasteiger partial charge on any atom is 0.278 e. The van der Waals surface area contributed by atoms with Crippen LogP contribution in [0.25, 0.3) is 10.9 Å². The van der Waals surface area contributed by atoms with E-state index in [-0.39, 0.29) is 18.0 Å². The van der Waals surface area contributed by atoms with Crippen molar-refractivity contribution in [3.05, 3.63) is 69.9 Å². The molecule has 0 bridgehead atoms. The van der Waals surface area contributed by atoms with Gasteiger partial charge in [0.15, 0.2) is 6.54 Å². The maximum atomic E-state index is 13.2. The Labute approximate surface area is 176 Å². The summed E-state index contributed by atoms with van der Waals surface area (Å²) in [6, 6.07) is 11.5. The molecule has 1 saturated heterocycles. The number of nitrogens with one attached hydrogen (secondary N) is 2. The topological polar surface area (TPSA) is 70.8 Å². The number of carbonyl (C=O) groups excluding carboxylic acids is 1. The lowest BCUT2D eigenvalue weighted by Crippen LogP contribution is -3.14. The van der Waals surface area contributed by atoms with Gasteiger partial charge in [-0.25, -0.2) is 0 Å². The van der Waals surface area contributed by atoms with Crippen LogP contribution >= 0.6 is 0 Å². The summed E-state index contributed by atoms with van der Waals surface area (Å²) in [6.45, 7) is 7.41. The van der Waals surface area contributed by atoms with Crippen molar-refractivity contribution in [3.63, 3.8) is 0 Å². The molecule has 6 heteroatoms. The summed E-state index contributed by atoms with van der Waals surface area (Å²) in [5, 5.41) is 0.977. The zero-order valence-electron chi connectivity index (χ0n) is 17.7. The fourth-order valence-electron chi connectivity index (χ4n) is 4.40. The van der Waals surface area contributed by atoms with Gasteiger partial charge < -0.3 is 19.2 Å². The Bertz CT molecular complexity index is 1070. The molecule has 3 heterocycles. The number of carbonyl (C=O) groups is 1. The van der Waals surface area contributed by atoms with Gasteiger partial charge >= 0.3 is 0 Å². The van der Waals surface area contributed by atoms with Gasteiger partial charge in [-0.15, -0.1) is 0 Å². The summed E-state index contributed by atoms with van der Waals surface area (Å²) in [5.74, 6) is 1.42. The third-order valence-corrected chi connectivity index (χ3v) is 5.98. The third kappa shape index (κ3) is 4.82. The number of hydrogen-bond acceptors (Lipinski definition) is 3. The lowest BCUT2D eigenvalue weighted by Gasteiger charge is -2.29. The molecular weight excluding hydrogens is 378 g/mol. The van der Waals surface area contributed by atoms with Gasteiger partial charge in [-0.2, -0.15) is 0 Å². The van der Waals surface area contributed by atoms with Crippen LogP contribution in [0.3, 0.4) is 0 Å². The number of pyridine rings is 1. The maximum absolute atomic E-state index is 13.2. The Morgan fingerprint density at radius 1 is 1.27 bits per heavy atom. The Morgan fingerprint density at radius 3 is 2.90 bits per heavy atom. The van der Waals surface area contributed by atoms with Crippen LogP contribution < -0.4 is 10.5 Å². The van der Waals surface area contributed by atoms with Crippen LogP contribution in [0, 0.1) is 12.8 Å². The van der Waals surface area contributed by atoms with Crippen LogP contribution in [0.2, 0.25) is 0 Å². The van der Waals surface area contributed by atoms with Gasteiger partial charge in [0.25, 0.3) is 11.5 Å². The summed E-state index contributed by atoms with van der Waals surface area (Å²) in [4.78, 5) is 31.9. The number of rotatable bonds is 6. The summed E-state index contributed by atoms with van der Waals surface area (Å²) in [5.41, 5.74) is 2.38. The van der Waals surface area contributed by atoms with Crippen LogP contribution in [-0.4, -0.2) is 35.4 Å². The first kappa shape index (κ1) is 20.4. The molecule has 2 atom stereocenters. The van der Waals surface area contributed by atoms with E-state index in [9.17, 15) is 9.59 Å². The molecule has 1 aromatic carbocycles. The van der Waals surface area contributed by atoms with Crippen molar-refractivity contribution < 1.29 is 14.1 Å². The third-order valence-electron chi connectivity index (χ3n) is 5.98. The molecule has 1 aliphatic heterocycles. The fraction of sp³-hybridized carbons (Fsp3) is 0.417. The lowest BCUT2D eigenvalue weighted by molar-refractivity contribution is -0.900. The summed E-state index contributed by atoms with van der Waals surface area (Å²) < 4.78 is 5.49. The number of H-pyrrole nitrogens is 1. The number of hydrogen-bond donors (Lipinski definition) is 2. The number of aromatic amines is 1. The number of fused-ring (bicyclic) bond motifs is 1. The van der Waals surface area contributed by atoms with Crippen molar-refractivity contribution in [1.82, 2.24) is 9.88 Å². The fourth-order valence-corrected chi connectivity index (χ4v) is 4.40. The number of quaternary nitrogens is 1. The number of amides is 1. The standard InChI is InChI=1S/C24H29N3O3/c1-17-7-8-22-19(11-17)12-20(24(29)25-22)14-27(15-21-6-4-10-30-21)23(28)16-26-9-3-5-18(2)13-26/h4,6-8,10-12,18H,3,5,9,13-16H2,1-2H3,(H,25,29)/p+1/t18-/m1/s1. The monoisotopic (exact) mass is 408 g/mol. The van der Waals surface area contributed by atoms with E-state index < -0.39 is 0 Å². The molecule has 30 heavy (non-hydrogen) atoms. The smallest absolute Gasteiger partial charge is 0.278 e. The van der Waals surface area contributed by atoms with Crippen molar-refractivity contribution in [2.45, 2.75) is 39.8 Å². The van der Waals surface area contributed by atoms with Crippen molar-refractivity contribution in [2.75, 3.05) is 19.6 Å². The molecule has 1 unspecified atom stereocenters. The highest BCUT2D eigenvalue weighted by molar-refractivity contribution is 5.80. The average molecular weight is 409 g/mol. The molecule has 6 nitrogen and oxygen atoms in total. The summed E-state index contributed by atoms with van der Waals surface area (Å²) in [6.07, 6.45) is 4.01. The summed E-state index contributed by atoms with van der Waals surface area (Å²) >= 11 is 0. The van der Waals surface area contributed by atoms with E-state index in [4.69, 9.17) is 4.42 Å². The Morgan fingerprint density at radius 2 is 2.13 bits per heavy atom. The Hall–Kier alpha value is -2.86. The van der Waals surface area contributed by atoms with Crippen LogP contribution in [0.15, 0.2) is 51.9 Å². The average Bonchev–Trinajstić information content (AvgIpc) is 3.21. The highest BCUT2D eigenvalue weighted by Crippen LogP contribution is 2.15. The number of benzene rings is 1. The number of nitrogens with zero attached hydrogens (tertiary/aromatic N) is 1. The Balaban J connectivity index is 1.58. The van der Waals surface area contributed by atoms with Crippen molar-refractivity contribution in [2.24, 2.45) is 5.92 Å². The van der Waals surface area contributed by atoms with Crippen molar-refractivity contribution in [1.29, 1.82) is 0 Å². The molecule has 0 aliphatic carbocycles. The van der Waals surface area contributed by atoms with Crippen LogP contribution in [0.4, 0.5) is 0 Å². The second-order valence-electron chi connectivity index (χ2n) is 8.67. The van der Waals surface area contributed by atoms with Crippen LogP contribution in [-0.2, 0) is 17.9 Å². The number of likely N-dealkylation sites (tertiary alicyclic amines) is 1. The quantitative estimate of drug-likeness (QED) is 0.657. The molecule has 1 fully saturated rings. The second kappa shape index (κ2) is 8.88. The molecule has 1 amide bonds. The van der Waals surface area contributed by atoms with E-state index in [1.165, 1.54) is 11.3 Å². The largest absolute Gasteiger partial charge is 0.467 e. The zero-order valence-corrected chi connectivity index (χ0v) is 17.7. The van der Waals surface area contributed by atoms with Gasteiger partial charge in [0.1, 0.15) is 5.76 Å². The van der Waals surface area contributed by atoms with Gasteiger partial charge in [-0.3, -0.25) is 9.59 Å². The molecule has 0 saturated carbocycles. The van der Waals surface area contributed by atoms with Crippen LogP contribution in [0.5, 0.6) is 0 Å². The van der Waals surface area contributed by atoms with E-state index in [0.29, 0.717) is 24.6 Å². The van der Waals surface area contributed by atoms with E-state index >= 15 is 0 Å². The molecule has 0 spiro atoms. The van der Waals surface area contributed by atoms with E-state index in [0.717, 1.165) is 41.7 Å². The Kier molecular flexibility index (Phi) is 6.04.